The van der Waals surface area contributed by atoms with E-state index in [0.29, 0.717) is 12.6 Å². The summed E-state index contributed by atoms with van der Waals surface area (Å²) in [6.45, 7) is 2.45. The Kier molecular flexibility index (Phi) is 3.59. The Morgan fingerprint density at radius 1 is 1.56 bits per heavy atom. The Balaban J connectivity index is 1.86. The number of imidazole rings is 1. The molecule has 2 rings (SSSR count). The maximum absolute atomic E-state index is 11.8. The average molecular weight is 221 g/mol. The number of aryl methyl sites for hydroxylation is 1. The minimum atomic E-state index is 0.111. The van der Waals surface area contributed by atoms with Crippen molar-refractivity contribution in [1.29, 1.82) is 0 Å². The van der Waals surface area contributed by atoms with Crippen molar-refractivity contribution >= 4 is 5.91 Å². The monoisotopic (exact) mass is 221 g/mol. The molecule has 1 aliphatic rings. The molecule has 1 aliphatic carbocycles. The molecule has 1 aromatic heterocycles. The maximum atomic E-state index is 11.8. The van der Waals surface area contributed by atoms with Crippen molar-refractivity contribution in [2.24, 2.45) is 0 Å². The molecule has 16 heavy (non-hydrogen) atoms. The molecule has 0 saturated heterocycles. The number of rotatable bonds is 4. The number of aromatic nitrogens is 2. The molecule has 1 aromatic rings. The molecule has 0 spiro atoms. The van der Waals surface area contributed by atoms with E-state index in [-0.39, 0.29) is 5.91 Å². The highest BCUT2D eigenvalue weighted by Gasteiger charge is 2.17. The largest absolute Gasteiger partial charge is 0.352 e. The lowest BCUT2D eigenvalue weighted by atomic mass is 10.2. The van der Waals surface area contributed by atoms with Crippen molar-refractivity contribution < 1.29 is 4.79 Å². The molecule has 1 amide bonds. The summed E-state index contributed by atoms with van der Waals surface area (Å²) >= 11 is 0. The van der Waals surface area contributed by atoms with E-state index >= 15 is 0 Å². The lowest BCUT2D eigenvalue weighted by Crippen LogP contribution is -2.35. The van der Waals surface area contributed by atoms with Crippen LogP contribution in [0.25, 0.3) is 0 Å². The van der Waals surface area contributed by atoms with E-state index < -0.39 is 0 Å². The van der Waals surface area contributed by atoms with Crippen LogP contribution in [-0.2, 0) is 17.8 Å². The van der Waals surface area contributed by atoms with E-state index in [0.717, 1.165) is 25.1 Å². The van der Waals surface area contributed by atoms with Gasteiger partial charge >= 0.3 is 0 Å². The van der Waals surface area contributed by atoms with Crippen molar-refractivity contribution in [2.45, 2.75) is 51.6 Å². The predicted molar refractivity (Wildman–Crippen MR) is 62.0 cm³/mol. The molecule has 4 heteroatoms. The highest BCUT2D eigenvalue weighted by atomic mass is 16.2. The van der Waals surface area contributed by atoms with Crippen LogP contribution >= 0.6 is 0 Å². The summed E-state index contributed by atoms with van der Waals surface area (Å²) in [6, 6.07) is 0.404. The molecule has 0 atom stereocenters. The van der Waals surface area contributed by atoms with Gasteiger partial charge in [0.1, 0.15) is 12.4 Å². The molecule has 1 N–H and O–H groups in total. The van der Waals surface area contributed by atoms with Crippen molar-refractivity contribution in [3.63, 3.8) is 0 Å². The summed E-state index contributed by atoms with van der Waals surface area (Å²) in [4.78, 5) is 16.0. The number of amides is 1. The zero-order chi connectivity index (χ0) is 11.4. The minimum Gasteiger partial charge on any atom is -0.352 e. The van der Waals surface area contributed by atoms with Gasteiger partial charge in [0.25, 0.3) is 0 Å². The topological polar surface area (TPSA) is 46.9 Å². The molecule has 1 fully saturated rings. The fraction of sp³-hybridized carbons (Fsp3) is 0.667. The van der Waals surface area contributed by atoms with Gasteiger partial charge in [-0.2, -0.15) is 0 Å². The Morgan fingerprint density at radius 2 is 2.31 bits per heavy atom. The number of hydrogen-bond acceptors (Lipinski definition) is 2. The normalized spacial score (nSPS) is 16.6. The molecular weight excluding hydrogens is 202 g/mol. The average Bonchev–Trinajstić information content (AvgIpc) is 2.88. The van der Waals surface area contributed by atoms with Gasteiger partial charge < -0.3 is 9.88 Å². The second-order valence-electron chi connectivity index (χ2n) is 4.37. The van der Waals surface area contributed by atoms with Gasteiger partial charge in [-0.3, -0.25) is 4.79 Å². The number of nitrogens with zero attached hydrogens (tertiary/aromatic N) is 2. The Morgan fingerprint density at radius 3 is 3.00 bits per heavy atom. The highest BCUT2D eigenvalue weighted by molar-refractivity contribution is 5.76. The smallest absolute Gasteiger partial charge is 0.240 e. The van der Waals surface area contributed by atoms with Gasteiger partial charge in [-0.05, 0) is 12.8 Å². The van der Waals surface area contributed by atoms with Crippen LogP contribution < -0.4 is 5.32 Å². The third kappa shape index (κ3) is 2.62. The third-order valence-corrected chi connectivity index (χ3v) is 3.15. The van der Waals surface area contributed by atoms with Crippen LogP contribution in [0.1, 0.15) is 38.4 Å². The number of hydrogen-bond donors (Lipinski definition) is 1. The Hall–Kier alpha value is -1.32. The first kappa shape index (κ1) is 11.2. The van der Waals surface area contributed by atoms with Crippen LogP contribution in [0, 0.1) is 0 Å². The molecular formula is C12H19N3O. The summed E-state index contributed by atoms with van der Waals surface area (Å²) in [6.07, 6.45) is 9.25. The van der Waals surface area contributed by atoms with Crippen molar-refractivity contribution in [1.82, 2.24) is 14.9 Å². The molecule has 1 heterocycles. The molecule has 0 unspecified atom stereocenters. The summed E-state index contributed by atoms with van der Waals surface area (Å²) in [5.74, 6) is 1.08. The minimum absolute atomic E-state index is 0.111. The van der Waals surface area contributed by atoms with Gasteiger partial charge in [0, 0.05) is 24.9 Å². The van der Waals surface area contributed by atoms with E-state index in [4.69, 9.17) is 0 Å². The van der Waals surface area contributed by atoms with Crippen molar-refractivity contribution in [3.05, 3.63) is 18.2 Å². The fourth-order valence-electron chi connectivity index (χ4n) is 2.30. The summed E-state index contributed by atoms with van der Waals surface area (Å²) in [5, 5.41) is 3.08. The van der Waals surface area contributed by atoms with Crippen LogP contribution in [0.5, 0.6) is 0 Å². The van der Waals surface area contributed by atoms with E-state index in [2.05, 4.69) is 10.3 Å². The molecule has 1 saturated carbocycles. The first-order chi connectivity index (χ1) is 7.79. The molecule has 0 aromatic carbocycles. The highest BCUT2D eigenvalue weighted by Crippen LogP contribution is 2.17. The van der Waals surface area contributed by atoms with Crippen LogP contribution in [0.3, 0.4) is 0 Å². The zero-order valence-corrected chi connectivity index (χ0v) is 9.78. The van der Waals surface area contributed by atoms with Gasteiger partial charge in [0.15, 0.2) is 0 Å². The third-order valence-electron chi connectivity index (χ3n) is 3.15. The van der Waals surface area contributed by atoms with Gasteiger partial charge in [-0.1, -0.05) is 19.8 Å². The predicted octanol–water partition coefficient (Wildman–Crippen LogP) is 1.50. The van der Waals surface area contributed by atoms with Crippen LogP contribution in [0.2, 0.25) is 0 Å². The first-order valence-electron chi connectivity index (χ1n) is 6.09. The van der Waals surface area contributed by atoms with Gasteiger partial charge in [-0.15, -0.1) is 0 Å². The Bertz CT molecular complexity index is 353. The zero-order valence-electron chi connectivity index (χ0n) is 9.78. The van der Waals surface area contributed by atoms with Gasteiger partial charge in [0.05, 0.1) is 0 Å². The summed E-state index contributed by atoms with van der Waals surface area (Å²) in [7, 11) is 0. The summed E-state index contributed by atoms with van der Waals surface area (Å²) < 4.78 is 1.92. The van der Waals surface area contributed by atoms with Crippen LogP contribution in [0.4, 0.5) is 0 Å². The second kappa shape index (κ2) is 5.14. The first-order valence-corrected chi connectivity index (χ1v) is 6.09. The van der Waals surface area contributed by atoms with Crippen molar-refractivity contribution in [2.75, 3.05) is 0 Å². The Labute approximate surface area is 96.1 Å². The van der Waals surface area contributed by atoms with Gasteiger partial charge in [0.2, 0.25) is 5.91 Å². The van der Waals surface area contributed by atoms with Gasteiger partial charge in [-0.25, -0.2) is 4.98 Å². The number of carbonyl (C=O) groups excluding carboxylic acids is 1. The number of nitrogens with one attached hydrogen (secondary N) is 1. The van der Waals surface area contributed by atoms with E-state index in [1.165, 1.54) is 12.8 Å². The lowest BCUT2D eigenvalue weighted by molar-refractivity contribution is -0.122. The SMILES string of the molecule is CCc1nccn1CC(=O)NC1CCCC1. The molecule has 4 nitrogen and oxygen atoms in total. The molecule has 88 valence electrons. The molecule has 0 bridgehead atoms. The van der Waals surface area contributed by atoms with Crippen LogP contribution in [-0.4, -0.2) is 21.5 Å². The molecule has 0 aliphatic heterocycles. The van der Waals surface area contributed by atoms with E-state index in [9.17, 15) is 4.79 Å². The quantitative estimate of drug-likeness (QED) is 0.837. The second-order valence-corrected chi connectivity index (χ2v) is 4.37. The number of carbonyl (C=O) groups is 1. The van der Waals surface area contributed by atoms with Crippen LogP contribution in [0.15, 0.2) is 12.4 Å². The van der Waals surface area contributed by atoms with Crippen molar-refractivity contribution in [3.8, 4) is 0 Å². The standard InChI is InChI=1S/C12H19N3O/c1-2-11-13-7-8-15(11)9-12(16)14-10-5-3-4-6-10/h7-8,10H,2-6,9H2,1H3,(H,14,16). The molecule has 0 radical (unpaired) electrons. The maximum Gasteiger partial charge on any atom is 0.240 e. The lowest BCUT2D eigenvalue weighted by Gasteiger charge is -2.12. The summed E-state index contributed by atoms with van der Waals surface area (Å²) in [5.41, 5.74) is 0. The van der Waals surface area contributed by atoms with E-state index in [1.807, 2.05) is 17.7 Å². The fourth-order valence-corrected chi connectivity index (χ4v) is 2.30. The van der Waals surface area contributed by atoms with E-state index in [1.54, 1.807) is 6.20 Å².